The first-order valence-corrected chi connectivity index (χ1v) is 9.76. The molecular formula is C21H23NS. The summed E-state index contributed by atoms with van der Waals surface area (Å²) in [5.41, 5.74) is 3.04. The molecule has 2 aliphatic carbocycles. The zero-order valence-corrected chi connectivity index (χ0v) is 14.4. The number of benzene rings is 1. The van der Waals surface area contributed by atoms with Gasteiger partial charge in [0.15, 0.2) is 0 Å². The van der Waals surface area contributed by atoms with Crippen LogP contribution < -0.4 is 0 Å². The van der Waals surface area contributed by atoms with Crippen LogP contribution in [0.4, 0.5) is 0 Å². The molecule has 0 radical (unpaired) electrons. The molecule has 0 N–H and O–H groups in total. The Bertz CT molecular complexity index is 829. The lowest BCUT2D eigenvalue weighted by molar-refractivity contribution is 0.256. The lowest BCUT2D eigenvalue weighted by atomic mass is 9.75. The molecule has 0 aliphatic heterocycles. The van der Waals surface area contributed by atoms with E-state index < -0.39 is 0 Å². The molecule has 5 rings (SSSR count). The van der Waals surface area contributed by atoms with Crippen molar-refractivity contribution in [2.24, 2.45) is 17.8 Å². The molecule has 0 saturated heterocycles. The van der Waals surface area contributed by atoms with E-state index in [9.17, 15) is 0 Å². The summed E-state index contributed by atoms with van der Waals surface area (Å²) in [5, 5.41) is 3.78. The molecule has 2 fully saturated rings. The molecule has 2 heterocycles. The lowest BCUT2D eigenvalue weighted by Gasteiger charge is -2.32. The van der Waals surface area contributed by atoms with Crippen LogP contribution in [0.5, 0.6) is 0 Å². The summed E-state index contributed by atoms with van der Waals surface area (Å²) >= 11 is 1.88. The van der Waals surface area contributed by atoms with Crippen LogP contribution in [0.15, 0.2) is 48.1 Å². The SMILES string of the molecule is Cc1csc2ccc(C3C4CCC(C4)C3Cn3cccc3)cc12. The van der Waals surface area contributed by atoms with Gasteiger partial charge in [0.25, 0.3) is 0 Å². The number of aromatic nitrogens is 1. The maximum atomic E-state index is 2.51. The van der Waals surface area contributed by atoms with Gasteiger partial charge in [0.05, 0.1) is 0 Å². The zero-order chi connectivity index (χ0) is 15.4. The van der Waals surface area contributed by atoms with E-state index in [2.05, 4.69) is 59.6 Å². The Balaban J connectivity index is 1.54. The van der Waals surface area contributed by atoms with Gasteiger partial charge in [0.2, 0.25) is 0 Å². The van der Waals surface area contributed by atoms with Gasteiger partial charge in [-0.25, -0.2) is 0 Å². The van der Waals surface area contributed by atoms with Crippen LogP contribution in [0.25, 0.3) is 10.1 Å². The number of nitrogens with zero attached hydrogens (tertiary/aromatic N) is 1. The first kappa shape index (κ1) is 13.9. The normalized spacial score (nSPS) is 29.6. The van der Waals surface area contributed by atoms with Crippen LogP contribution in [0.3, 0.4) is 0 Å². The average molecular weight is 321 g/mol. The van der Waals surface area contributed by atoms with Crippen LogP contribution in [0.2, 0.25) is 0 Å². The van der Waals surface area contributed by atoms with Crippen LogP contribution in [-0.2, 0) is 6.54 Å². The molecule has 2 bridgehead atoms. The number of hydrogen-bond donors (Lipinski definition) is 0. The third-order valence-electron chi connectivity index (χ3n) is 6.35. The molecule has 2 heteroatoms. The molecule has 23 heavy (non-hydrogen) atoms. The van der Waals surface area contributed by atoms with Crippen molar-refractivity contribution in [3.05, 3.63) is 59.2 Å². The summed E-state index contributed by atoms with van der Waals surface area (Å²) in [4.78, 5) is 0. The summed E-state index contributed by atoms with van der Waals surface area (Å²) < 4.78 is 3.84. The van der Waals surface area contributed by atoms with Crippen molar-refractivity contribution in [2.45, 2.75) is 38.6 Å². The molecule has 0 amide bonds. The Labute approximate surface area is 142 Å². The van der Waals surface area contributed by atoms with E-state index in [1.807, 2.05) is 11.3 Å². The van der Waals surface area contributed by atoms with Crippen molar-refractivity contribution < 1.29 is 0 Å². The third kappa shape index (κ3) is 2.19. The van der Waals surface area contributed by atoms with Crippen molar-refractivity contribution >= 4 is 21.4 Å². The van der Waals surface area contributed by atoms with Crippen LogP contribution in [-0.4, -0.2) is 4.57 Å². The van der Waals surface area contributed by atoms with Crippen LogP contribution in [0.1, 0.15) is 36.3 Å². The Morgan fingerprint density at radius 3 is 2.83 bits per heavy atom. The highest BCUT2D eigenvalue weighted by atomic mass is 32.1. The second-order valence-electron chi connectivity index (χ2n) is 7.58. The average Bonchev–Trinajstić information content (AvgIpc) is 3.33. The van der Waals surface area contributed by atoms with Crippen molar-refractivity contribution in [1.29, 1.82) is 0 Å². The highest BCUT2D eigenvalue weighted by Crippen LogP contribution is 2.57. The molecule has 1 aromatic carbocycles. The molecule has 118 valence electrons. The van der Waals surface area contributed by atoms with Crippen molar-refractivity contribution in [3.8, 4) is 0 Å². The highest BCUT2D eigenvalue weighted by molar-refractivity contribution is 7.17. The fraction of sp³-hybridized carbons (Fsp3) is 0.429. The highest BCUT2D eigenvalue weighted by Gasteiger charge is 2.47. The van der Waals surface area contributed by atoms with Gasteiger partial charge in [-0.2, -0.15) is 0 Å². The summed E-state index contributed by atoms with van der Waals surface area (Å²) in [5.74, 6) is 3.43. The standard InChI is InChI=1S/C21H23NS/c1-14-13-23-20-7-6-17(11-18(14)20)21-16-5-4-15(10-16)19(21)12-22-8-2-3-9-22/h2-3,6-9,11,13,15-16,19,21H,4-5,10,12H2,1H3. The van der Waals surface area contributed by atoms with E-state index in [0.29, 0.717) is 0 Å². The Morgan fingerprint density at radius 2 is 1.96 bits per heavy atom. The van der Waals surface area contributed by atoms with E-state index in [1.54, 1.807) is 5.56 Å². The third-order valence-corrected chi connectivity index (χ3v) is 7.43. The molecule has 2 aliphatic rings. The summed E-state index contributed by atoms with van der Waals surface area (Å²) in [6, 6.07) is 11.6. The summed E-state index contributed by atoms with van der Waals surface area (Å²) in [7, 11) is 0. The van der Waals surface area contributed by atoms with E-state index >= 15 is 0 Å². The van der Waals surface area contributed by atoms with Gasteiger partial charge in [0, 0.05) is 23.6 Å². The molecule has 2 aromatic heterocycles. The number of rotatable bonds is 3. The molecular weight excluding hydrogens is 298 g/mol. The van der Waals surface area contributed by atoms with Gasteiger partial charge >= 0.3 is 0 Å². The predicted molar refractivity (Wildman–Crippen MR) is 98.1 cm³/mol. The fourth-order valence-electron chi connectivity index (χ4n) is 5.31. The topological polar surface area (TPSA) is 4.93 Å². The van der Waals surface area contributed by atoms with E-state index in [0.717, 1.165) is 23.7 Å². The molecule has 0 spiro atoms. The van der Waals surface area contributed by atoms with Crippen LogP contribution >= 0.6 is 11.3 Å². The lowest BCUT2D eigenvalue weighted by Crippen LogP contribution is -2.24. The fourth-order valence-corrected chi connectivity index (χ4v) is 6.23. The van der Waals surface area contributed by atoms with Crippen molar-refractivity contribution in [1.82, 2.24) is 4.57 Å². The smallest absolute Gasteiger partial charge is 0.0345 e. The quantitative estimate of drug-likeness (QED) is 0.571. The van der Waals surface area contributed by atoms with Gasteiger partial charge < -0.3 is 4.57 Å². The second-order valence-corrected chi connectivity index (χ2v) is 8.49. The number of thiophene rings is 1. The Hall–Kier alpha value is -1.54. The largest absolute Gasteiger partial charge is 0.354 e. The van der Waals surface area contributed by atoms with Gasteiger partial charge in [-0.3, -0.25) is 0 Å². The van der Waals surface area contributed by atoms with Crippen molar-refractivity contribution in [3.63, 3.8) is 0 Å². The van der Waals surface area contributed by atoms with Crippen LogP contribution in [0, 0.1) is 24.7 Å². The minimum atomic E-state index is 0.764. The van der Waals surface area contributed by atoms with Gasteiger partial charge in [-0.05, 0) is 96.0 Å². The monoisotopic (exact) mass is 321 g/mol. The maximum Gasteiger partial charge on any atom is 0.0345 e. The minimum Gasteiger partial charge on any atom is -0.354 e. The van der Waals surface area contributed by atoms with Crippen molar-refractivity contribution in [2.75, 3.05) is 0 Å². The van der Waals surface area contributed by atoms with Gasteiger partial charge in [0.1, 0.15) is 0 Å². The molecule has 4 unspecified atom stereocenters. The molecule has 2 saturated carbocycles. The van der Waals surface area contributed by atoms with Gasteiger partial charge in [-0.15, -0.1) is 11.3 Å². The first-order valence-electron chi connectivity index (χ1n) is 8.88. The molecule has 1 nitrogen and oxygen atoms in total. The summed E-state index contributed by atoms with van der Waals surface area (Å²) in [6.45, 7) is 3.44. The Kier molecular flexibility index (Phi) is 3.16. The number of hydrogen-bond acceptors (Lipinski definition) is 1. The molecule has 4 atom stereocenters. The zero-order valence-electron chi connectivity index (χ0n) is 13.6. The number of aryl methyl sites for hydroxylation is 1. The maximum absolute atomic E-state index is 2.51. The predicted octanol–water partition coefficient (Wildman–Crippen LogP) is 5.84. The van der Waals surface area contributed by atoms with Gasteiger partial charge in [-0.1, -0.05) is 6.07 Å². The Morgan fingerprint density at radius 1 is 1.13 bits per heavy atom. The summed E-state index contributed by atoms with van der Waals surface area (Å²) in [6.07, 6.45) is 8.81. The first-order chi connectivity index (χ1) is 11.3. The molecule has 3 aromatic rings. The minimum absolute atomic E-state index is 0.764. The second kappa shape index (κ2) is 5.24. The van der Waals surface area contributed by atoms with E-state index in [-0.39, 0.29) is 0 Å². The number of fused-ring (bicyclic) bond motifs is 3. The van der Waals surface area contributed by atoms with E-state index in [4.69, 9.17) is 0 Å². The van der Waals surface area contributed by atoms with E-state index in [1.165, 1.54) is 41.5 Å².